The lowest BCUT2D eigenvalue weighted by atomic mass is 9.87. The molecule has 0 saturated carbocycles. The van der Waals surface area contributed by atoms with E-state index in [9.17, 15) is 0 Å². The van der Waals surface area contributed by atoms with Crippen LogP contribution in [0, 0.1) is 0 Å². The zero-order valence-corrected chi connectivity index (χ0v) is 31.0. The molecule has 1 nitrogen and oxygen atoms in total. The van der Waals surface area contributed by atoms with E-state index in [2.05, 4.69) is 205 Å². The fourth-order valence-corrected chi connectivity index (χ4v) is 10.2. The van der Waals surface area contributed by atoms with Gasteiger partial charge in [-0.2, -0.15) is 0 Å². The monoisotopic (exact) mass is 719 g/mol. The van der Waals surface area contributed by atoms with Gasteiger partial charge in [0.2, 0.25) is 0 Å². The highest BCUT2D eigenvalue weighted by Crippen LogP contribution is 2.48. The van der Waals surface area contributed by atoms with E-state index in [-0.39, 0.29) is 0 Å². The summed E-state index contributed by atoms with van der Waals surface area (Å²) < 4.78 is 0. The first-order valence-corrected chi connectivity index (χ1v) is 19.8. The molecule has 0 aliphatic rings. The molecule has 0 heterocycles. The van der Waals surface area contributed by atoms with E-state index in [1.165, 1.54) is 108 Å². The Morgan fingerprint density at radius 3 is 1.32 bits per heavy atom. The van der Waals surface area contributed by atoms with E-state index >= 15 is 0 Å². The van der Waals surface area contributed by atoms with Gasteiger partial charge >= 0.3 is 0 Å². The Kier molecular flexibility index (Phi) is 6.23. The summed E-state index contributed by atoms with van der Waals surface area (Å²) in [6.45, 7) is 0. The summed E-state index contributed by atoms with van der Waals surface area (Å²) in [7, 11) is 0. The second-order valence-corrected chi connectivity index (χ2v) is 15.6. The zero-order chi connectivity index (χ0) is 37.2. The third-order valence-corrected chi connectivity index (χ3v) is 12.6. The summed E-state index contributed by atoms with van der Waals surface area (Å²) in [5.41, 5.74) is 3.42. The number of nitrogens with zero attached hydrogens (tertiary/aromatic N) is 1. The fraction of sp³-hybridized carbons (Fsp3) is 0. The Balaban J connectivity index is 1.22. The van der Waals surface area contributed by atoms with Gasteiger partial charge in [-0.05, 0) is 133 Å². The first kappa shape index (κ1) is 30.8. The second-order valence-electron chi connectivity index (χ2n) is 15.6. The number of fused-ring (bicyclic) bond motifs is 8. The van der Waals surface area contributed by atoms with Crippen molar-refractivity contribution in [3.8, 4) is 0 Å². The smallest absolute Gasteiger partial charge is 0.0546 e. The van der Waals surface area contributed by atoms with Gasteiger partial charge in [0.15, 0.2) is 0 Å². The molecule has 0 radical (unpaired) electrons. The molecule has 0 bridgehead atoms. The Morgan fingerprint density at radius 2 is 0.632 bits per heavy atom. The van der Waals surface area contributed by atoms with Gasteiger partial charge < -0.3 is 4.90 Å². The SMILES string of the molecule is c1ccc2c(c1)ccc1cc(N(c3cc4ccc5cccc6c7cccc8ccc9cccc(c(c3)c4c56)c9c87)c3cc4ccccc4c4ccccc34)ccc12. The van der Waals surface area contributed by atoms with Crippen molar-refractivity contribution in [2.45, 2.75) is 0 Å². The number of benzene rings is 12. The molecule has 0 atom stereocenters. The van der Waals surface area contributed by atoms with Gasteiger partial charge in [-0.15, -0.1) is 0 Å². The summed E-state index contributed by atoms with van der Waals surface area (Å²) in [6.07, 6.45) is 0. The number of rotatable bonds is 3. The molecule has 0 spiro atoms. The van der Waals surface area contributed by atoms with E-state index < -0.39 is 0 Å². The molecule has 57 heavy (non-hydrogen) atoms. The Labute approximate surface area is 328 Å². The van der Waals surface area contributed by atoms with E-state index in [1.54, 1.807) is 0 Å². The summed E-state index contributed by atoms with van der Waals surface area (Å²) >= 11 is 0. The van der Waals surface area contributed by atoms with Crippen LogP contribution in [0.3, 0.4) is 0 Å². The molecule has 0 aliphatic heterocycles. The van der Waals surface area contributed by atoms with Gasteiger partial charge in [0, 0.05) is 16.8 Å². The fourth-order valence-electron chi connectivity index (χ4n) is 10.2. The Bertz CT molecular complexity index is 3810. The van der Waals surface area contributed by atoms with Crippen molar-refractivity contribution in [1.29, 1.82) is 0 Å². The highest BCUT2D eigenvalue weighted by molar-refractivity contribution is 6.37. The van der Waals surface area contributed by atoms with Crippen LogP contribution in [0.2, 0.25) is 0 Å². The third-order valence-electron chi connectivity index (χ3n) is 12.6. The summed E-state index contributed by atoms with van der Waals surface area (Å²) in [4.78, 5) is 2.52. The molecule has 0 N–H and O–H groups in total. The maximum absolute atomic E-state index is 2.52. The van der Waals surface area contributed by atoms with Gasteiger partial charge in [0.25, 0.3) is 0 Å². The van der Waals surface area contributed by atoms with Crippen molar-refractivity contribution in [2.24, 2.45) is 0 Å². The number of hydrogen-bond acceptors (Lipinski definition) is 1. The molecule has 0 aliphatic carbocycles. The van der Waals surface area contributed by atoms with Crippen LogP contribution in [0.4, 0.5) is 17.1 Å². The van der Waals surface area contributed by atoms with Gasteiger partial charge in [0.1, 0.15) is 0 Å². The maximum atomic E-state index is 2.52. The second kappa shape index (κ2) is 11.5. The molecule has 13 aromatic rings. The third kappa shape index (κ3) is 4.34. The van der Waals surface area contributed by atoms with Crippen LogP contribution in [-0.4, -0.2) is 0 Å². The molecular weight excluding hydrogens is 687 g/mol. The molecule has 0 saturated heterocycles. The van der Waals surface area contributed by atoms with E-state index in [4.69, 9.17) is 0 Å². The largest absolute Gasteiger partial charge is 0.310 e. The van der Waals surface area contributed by atoms with Crippen LogP contribution in [-0.2, 0) is 0 Å². The molecule has 0 unspecified atom stereocenters. The average molecular weight is 720 g/mol. The molecule has 13 rings (SSSR count). The minimum atomic E-state index is 1.13. The lowest BCUT2D eigenvalue weighted by molar-refractivity contribution is 1.32. The lowest BCUT2D eigenvalue weighted by Gasteiger charge is -2.29. The summed E-state index contributed by atoms with van der Waals surface area (Å²) in [6, 6.07) is 75.0. The first-order chi connectivity index (χ1) is 28.3. The van der Waals surface area contributed by atoms with Crippen molar-refractivity contribution in [1.82, 2.24) is 0 Å². The molecule has 0 amide bonds. The van der Waals surface area contributed by atoms with Gasteiger partial charge in [-0.1, -0.05) is 170 Å². The van der Waals surface area contributed by atoms with Crippen LogP contribution in [0.25, 0.3) is 108 Å². The van der Waals surface area contributed by atoms with Gasteiger partial charge in [-0.3, -0.25) is 0 Å². The first-order valence-electron chi connectivity index (χ1n) is 19.8. The average Bonchev–Trinajstić information content (AvgIpc) is 3.27. The summed E-state index contributed by atoms with van der Waals surface area (Å²) in [5, 5.41) is 25.4. The molecular formula is C56H33N. The minimum absolute atomic E-state index is 1.13. The molecule has 1 heteroatoms. The van der Waals surface area contributed by atoms with Crippen molar-refractivity contribution in [3.05, 3.63) is 200 Å². The Morgan fingerprint density at radius 1 is 0.211 bits per heavy atom. The predicted molar refractivity (Wildman–Crippen MR) is 247 cm³/mol. The quantitative estimate of drug-likeness (QED) is 0.164. The molecule has 262 valence electrons. The van der Waals surface area contributed by atoms with Crippen molar-refractivity contribution in [3.63, 3.8) is 0 Å². The Hall–Kier alpha value is -7.48. The van der Waals surface area contributed by atoms with Crippen molar-refractivity contribution >= 4 is 125 Å². The van der Waals surface area contributed by atoms with Gasteiger partial charge in [0.05, 0.1) is 5.69 Å². The molecule has 0 aromatic heterocycles. The van der Waals surface area contributed by atoms with E-state index in [0.717, 1.165) is 17.1 Å². The van der Waals surface area contributed by atoms with Crippen molar-refractivity contribution < 1.29 is 0 Å². The lowest BCUT2D eigenvalue weighted by Crippen LogP contribution is -2.11. The van der Waals surface area contributed by atoms with Crippen LogP contribution < -0.4 is 4.90 Å². The molecule has 0 fully saturated rings. The predicted octanol–water partition coefficient (Wildman–Crippen LogP) is 16.1. The standard InChI is InChI=1S/C56H33N/c1-3-15-43-34(10-1)22-26-39-30-41(28-29-45(39)43)57(52-32-38-11-2-4-16-44(38)46-17-5-6-18-47(46)52)42-31-40-27-25-37-13-8-20-49-48-19-7-12-35-23-24-36-14-9-21-50(55(36)53(35)48)51(33-42)56(40)54(37)49/h1-33H. The van der Waals surface area contributed by atoms with Gasteiger partial charge in [-0.25, -0.2) is 0 Å². The van der Waals surface area contributed by atoms with Crippen LogP contribution >= 0.6 is 0 Å². The van der Waals surface area contributed by atoms with Crippen LogP contribution in [0.1, 0.15) is 0 Å². The maximum Gasteiger partial charge on any atom is 0.0546 e. The van der Waals surface area contributed by atoms with Crippen LogP contribution in [0.15, 0.2) is 200 Å². The molecule has 13 aromatic carbocycles. The zero-order valence-electron chi connectivity index (χ0n) is 31.0. The normalized spacial score (nSPS) is 12.2. The summed E-state index contributed by atoms with van der Waals surface area (Å²) in [5.74, 6) is 0. The number of anilines is 3. The number of hydrogen-bond donors (Lipinski definition) is 0. The highest BCUT2D eigenvalue weighted by Gasteiger charge is 2.22. The minimum Gasteiger partial charge on any atom is -0.310 e. The highest BCUT2D eigenvalue weighted by atomic mass is 15.1. The van der Waals surface area contributed by atoms with Crippen LogP contribution in [0.5, 0.6) is 0 Å². The van der Waals surface area contributed by atoms with Crippen molar-refractivity contribution in [2.75, 3.05) is 4.90 Å². The van der Waals surface area contributed by atoms with E-state index in [0.29, 0.717) is 0 Å². The topological polar surface area (TPSA) is 3.24 Å². The van der Waals surface area contributed by atoms with E-state index in [1.807, 2.05) is 0 Å².